The summed E-state index contributed by atoms with van der Waals surface area (Å²) in [5.41, 5.74) is 7.86. The van der Waals surface area contributed by atoms with E-state index in [1.165, 1.54) is 11.3 Å². The number of nitrogens with one attached hydrogen (secondary N) is 1. The molecule has 0 saturated carbocycles. The molecule has 1 amide bonds. The highest BCUT2D eigenvalue weighted by molar-refractivity contribution is 7.13. The van der Waals surface area contributed by atoms with Gasteiger partial charge >= 0.3 is 0 Å². The van der Waals surface area contributed by atoms with Gasteiger partial charge in [-0.05, 0) is 36.4 Å². The van der Waals surface area contributed by atoms with Crippen LogP contribution in [0, 0.1) is 0 Å². The Morgan fingerprint density at radius 2 is 1.96 bits per heavy atom. The van der Waals surface area contributed by atoms with E-state index in [1.54, 1.807) is 30.3 Å². The fourth-order valence-electron chi connectivity index (χ4n) is 2.09. The minimum Gasteiger partial charge on any atom is -0.483 e. The van der Waals surface area contributed by atoms with E-state index in [0.29, 0.717) is 21.6 Å². The van der Waals surface area contributed by atoms with Crippen LogP contribution in [-0.2, 0) is 4.79 Å². The molecule has 1 aromatic heterocycles. The lowest BCUT2D eigenvalue weighted by atomic mass is 10.1. The molecule has 0 saturated heterocycles. The zero-order valence-electron chi connectivity index (χ0n) is 12.5. The molecule has 3 aromatic rings. The van der Waals surface area contributed by atoms with Gasteiger partial charge in [0.2, 0.25) is 0 Å². The molecule has 2 aromatic carbocycles. The van der Waals surface area contributed by atoms with E-state index in [4.69, 9.17) is 22.1 Å². The molecule has 0 aliphatic heterocycles. The molecule has 0 spiro atoms. The van der Waals surface area contributed by atoms with Gasteiger partial charge in [-0.15, -0.1) is 11.3 Å². The molecule has 0 bridgehead atoms. The average molecular weight is 360 g/mol. The fraction of sp³-hybridized carbons (Fsp3) is 0.0588. The molecule has 0 radical (unpaired) electrons. The van der Waals surface area contributed by atoms with E-state index in [2.05, 4.69) is 10.3 Å². The van der Waals surface area contributed by atoms with Crippen molar-refractivity contribution in [1.82, 2.24) is 4.98 Å². The largest absolute Gasteiger partial charge is 0.483 e. The summed E-state index contributed by atoms with van der Waals surface area (Å²) in [6.45, 7) is -0.112. The molecule has 1 heterocycles. The van der Waals surface area contributed by atoms with Crippen LogP contribution in [0.2, 0.25) is 5.02 Å². The highest BCUT2D eigenvalue weighted by atomic mass is 35.5. The number of para-hydroxylation sites is 1. The van der Waals surface area contributed by atoms with Crippen LogP contribution in [0.15, 0.2) is 53.9 Å². The first-order valence-electron chi connectivity index (χ1n) is 7.10. The summed E-state index contributed by atoms with van der Waals surface area (Å²) < 4.78 is 5.64. The van der Waals surface area contributed by atoms with Gasteiger partial charge in [0.25, 0.3) is 5.91 Å². The number of ether oxygens (including phenoxy) is 1. The number of thiazole rings is 1. The number of aromatic nitrogens is 1. The molecular weight excluding hydrogens is 346 g/mol. The van der Waals surface area contributed by atoms with Crippen molar-refractivity contribution < 1.29 is 9.53 Å². The van der Waals surface area contributed by atoms with Crippen LogP contribution < -0.4 is 15.8 Å². The Kier molecular flexibility index (Phi) is 4.98. The standard InChI is InChI=1S/C17H14ClN3O2S/c18-11-5-7-12(8-6-11)20-16(22)9-23-15-4-2-1-3-13(15)14-10-24-17(19)21-14/h1-8,10H,9H2,(H2,19,21)(H,20,22). The van der Waals surface area contributed by atoms with Crippen molar-refractivity contribution in [3.63, 3.8) is 0 Å². The van der Waals surface area contributed by atoms with Gasteiger partial charge in [0, 0.05) is 21.7 Å². The van der Waals surface area contributed by atoms with Gasteiger partial charge in [0.15, 0.2) is 11.7 Å². The molecule has 0 aliphatic rings. The summed E-state index contributed by atoms with van der Waals surface area (Å²) in [5, 5.41) is 5.70. The number of halogens is 1. The number of hydrogen-bond acceptors (Lipinski definition) is 5. The van der Waals surface area contributed by atoms with Crippen molar-refractivity contribution in [3.8, 4) is 17.0 Å². The van der Waals surface area contributed by atoms with Crippen molar-refractivity contribution in [1.29, 1.82) is 0 Å². The molecule has 0 aliphatic carbocycles. The smallest absolute Gasteiger partial charge is 0.262 e. The summed E-state index contributed by atoms with van der Waals surface area (Å²) in [4.78, 5) is 16.3. The molecule has 0 unspecified atom stereocenters. The van der Waals surface area contributed by atoms with Crippen LogP contribution in [0.25, 0.3) is 11.3 Å². The van der Waals surface area contributed by atoms with E-state index in [0.717, 1.165) is 11.3 Å². The number of rotatable bonds is 5. The summed E-state index contributed by atoms with van der Waals surface area (Å²) in [6, 6.07) is 14.3. The monoisotopic (exact) mass is 359 g/mol. The molecule has 5 nitrogen and oxygen atoms in total. The number of carbonyl (C=O) groups is 1. The molecule has 7 heteroatoms. The van der Waals surface area contributed by atoms with Gasteiger partial charge in [-0.2, -0.15) is 0 Å². The lowest BCUT2D eigenvalue weighted by Crippen LogP contribution is -2.20. The molecule has 24 heavy (non-hydrogen) atoms. The lowest BCUT2D eigenvalue weighted by molar-refractivity contribution is -0.118. The average Bonchev–Trinajstić information content (AvgIpc) is 3.02. The number of amides is 1. The number of hydrogen-bond donors (Lipinski definition) is 2. The summed E-state index contributed by atoms with van der Waals surface area (Å²) in [7, 11) is 0. The van der Waals surface area contributed by atoms with E-state index in [1.807, 2.05) is 23.6 Å². The highest BCUT2D eigenvalue weighted by Gasteiger charge is 2.11. The van der Waals surface area contributed by atoms with E-state index in [9.17, 15) is 4.79 Å². The van der Waals surface area contributed by atoms with Gasteiger partial charge in [0.05, 0.1) is 5.69 Å². The Morgan fingerprint density at radius 3 is 2.67 bits per heavy atom. The topological polar surface area (TPSA) is 77.2 Å². The van der Waals surface area contributed by atoms with Crippen molar-refractivity contribution in [3.05, 3.63) is 58.9 Å². The highest BCUT2D eigenvalue weighted by Crippen LogP contribution is 2.31. The Labute approximate surface area is 148 Å². The van der Waals surface area contributed by atoms with Crippen molar-refractivity contribution >= 4 is 39.7 Å². The van der Waals surface area contributed by atoms with Crippen LogP contribution >= 0.6 is 22.9 Å². The van der Waals surface area contributed by atoms with Crippen LogP contribution in [0.3, 0.4) is 0 Å². The van der Waals surface area contributed by atoms with Crippen LogP contribution in [0.5, 0.6) is 5.75 Å². The second-order valence-electron chi connectivity index (χ2n) is 4.91. The van der Waals surface area contributed by atoms with Gasteiger partial charge in [-0.3, -0.25) is 4.79 Å². The third-order valence-corrected chi connectivity index (χ3v) is 4.10. The maximum atomic E-state index is 12.0. The molecule has 3 N–H and O–H groups in total. The summed E-state index contributed by atoms with van der Waals surface area (Å²) in [5.74, 6) is 0.318. The van der Waals surface area contributed by atoms with Crippen molar-refractivity contribution in [2.24, 2.45) is 0 Å². The fourth-order valence-corrected chi connectivity index (χ4v) is 2.78. The predicted molar refractivity (Wildman–Crippen MR) is 97.5 cm³/mol. The van der Waals surface area contributed by atoms with Crippen LogP contribution in [-0.4, -0.2) is 17.5 Å². The maximum absolute atomic E-state index is 12.0. The summed E-state index contributed by atoms with van der Waals surface area (Å²) in [6.07, 6.45) is 0. The number of nitrogens with two attached hydrogens (primary N) is 1. The summed E-state index contributed by atoms with van der Waals surface area (Å²) >= 11 is 7.17. The third-order valence-electron chi connectivity index (χ3n) is 3.17. The Hall–Kier alpha value is -2.57. The molecule has 122 valence electrons. The lowest BCUT2D eigenvalue weighted by Gasteiger charge is -2.10. The Bertz CT molecular complexity index is 849. The molecular formula is C17H14ClN3O2S. The zero-order chi connectivity index (χ0) is 16.9. The predicted octanol–water partition coefficient (Wildman–Crippen LogP) is 4.06. The van der Waals surface area contributed by atoms with Crippen LogP contribution in [0.4, 0.5) is 10.8 Å². The van der Waals surface area contributed by atoms with E-state index >= 15 is 0 Å². The second-order valence-corrected chi connectivity index (χ2v) is 6.24. The molecule has 0 fully saturated rings. The second kappa shape index (κ2) is 7.33. The Morgan fingerprint density at radius 1 is 1.21 bits per heavy atom. The van der Waals surface area contributed by atoms with Crippen molar-refractivity contribution in [2.75, 3.05) is 17.7 Å². The number of nitrogens with zero attached hydrogens (tertiary/aromatic N) is 1. The number of carbonyl (C=O) groups excluding carboxylic acids is 1. The minimum absolute atomic E-state index is 0.112. The Balaban J connectivity index is 1.66. The normalized spacial score (nSPS) is 10.4. The maximum Gasteiger partial charge on any atom is 0.262 e. The SMILES string of the molecule is Nc1nc(-c2ccccc2OCC(=O)Nc2ccc(Cl)cc2)cs1. The first-order valence-corrected chi connectivity index (χ1v) is 8.36. The van der Waals surface area contributed by atoms with Crippen LogP contribution in [0.1, 0.15) is 0 Å². The van der Waals surface area contributed by atoms with E-state index < -0.39 is 0 Å². The first-order chi connectivity index (χ1) is 11.6. The third kappa shape index (κ3) is 4.04. The van der Waals surface area contributed by atoms with Crippen molar-refractivity contribution in [2.45, 2.75) is 0 Å². The first kappa shape index (κ1) is 16.3. The molecule has 0 atom stereocenters. The minimum atomic E-state index is -0.259. The number of benzene rings is 2. The molecule has 3 rings (SSSR count). The van der Waals surface area contributed by atoms with Gasteiger partial charge in [0.1, 0.15) is 5.75 Å². The van der Waals surface area contributed by atoms with Gasteiger partial charge < -0.3 is 15.8 Å². The van der Waals surface area contributed by atoms with Gasteiger partial charge in [-0.1, -0.05) is 23.7 Å². The van der Waals surface area contributed by atoms with E-state index in [-0.39, 0.29) is 12.5 Å². The van der Waals surface area contributed by atoms with Gasteiger partial charge in [-0.25, -0.2) is 4.98 Å². The quantitative estimate of drug-likeness (QED) is 0.720. The number of anilines is 2. The zero-order valence-corrected chi connectivity index (χ0v) is 14.1. The number of nitrogen functional groups attached to an aromatic ring is 1.